The minimum absolute atomic E-state index is 0.0297. The summed E-state index contributed by atoms with van der Waals surface area (Å²) < 4.78 is 6.32. The molecule has 3 rings (SSSR count). The fourth-order valence-corrected chi connectivity index (χ4v) is 3.76. The van der Waals surface area contributed by atoms with Crippen molar-refractivity contribution >= 4 is 27.5 Å². The number of ether oxygens (including phenoxy) is 1. The van der Waals surface area contributed by atoms with Gasteiger partial charge < -0.3 is 10.1 Å². The van der Waals surface area contributed by atoms with Crippen LogP contribution in [0.15, 0.2) is 48.5 Å². The van der Waals surface area contributed by atoms with Crippen molar-refractivity contribution in [3.8, 4) is 5.75 Å². The first kappa shape index (κ1) is 18.4. The minimum atomic E-state index is 0.0297. The molecule has 26 heavy (non-hydrogen) atoms. The van der Waals surface area contributed by atoms with Gasteiger partial charge in [-0.2, -0.15) is 0 Å². The lowest BCUT2D eigenvalue weighted by atomic mass is 10.1. The van der Waals surface area contributed by atoms with Crippen LogP contribution in [0, 0.1) is 0 Å². The van der Waals surface area contributed by atoms with Crippen molar-refractivity contribution in [2.45, 2.75) is 13.0 Å². The SMILES string of the molecule is COc1ccc(CCNC(=O)CN(C)Cc2nc3ccccc3s2)cc1. The van der Waals surface area contributed by atoms with Crippen molar-refractivity contribution in [3.05, 3.63) is 59.1 Å². The number of likely N-dealkylation sites (N-methyl/N-ethyl adjacent to an activating group) is 1. The molecule has 3 aromatic rings. The lowest BCUT2D eigenvalue weighted by Gasteiger charge is -2.14. The Morgan fingerprint density at radius 1 is 1.19 bits per heavy atom. The molecule has 0 aliphatic carbocycles. The summed E-state index contributed by atoms with van der Waals surface area (Å²) >= 11 is 1.68. The molecule has 1 N–H and O–H groups in total. The molecular formula is C20H23N3O2S. The molecular weight excluding hydrogens is 346 g/mol. The molecule has 1 amide bonds. The Hall–Kier alpha value is -2.44. The van der Waals surface area contributed by atoms with Crippen molar-refractivity contribution in [2.75, 3.05) is 27.2 Å². The average Bonchev–Trinajstić information content (AvgIpc) is 3.04. The van der Waals surface area contributed by atoms with Gasteiger partial charge in [0.05, 0.1) is 30.4 Å². The summed E-state index contributed by atoms with van der Waals surface area (Å²) in [6.45, 7) is 1.66. The van der Waals surface area contributed by atoms with Gasteiger partial charge in [-0.15, -0.1) is 11.3 Å². The summed E-state index contributed by atoms with van der Waals surface area (Å²) in [7, 11) is 3.59. The number of nitrogens with zero attached hydrogens (tertiary/aromatic N) is 2. The van der Waals surface area contributed by atoms with Crippen LogP contribution >= 0.6 is 11.3 Å². The maximum Gasteiger partial charge on any atom is 0.234 e. The Morgan fingerprint density at radius 2 is 1.96 bits per heavy atom. The number of para-hydroxylation sites is 1. The van der Waals surface area contributed by atoms with E-state index in [4.69, 9.17) is 4.74 Å². The summed E-state index contributed by atoms with van der Waals surface area (Å²) in [4.78, 5) is 18.7. The van der Waals surface area contributed by atoms with E-state index in [2.05, 4.69) is 16.4 Å². The Labute approximate surface area is 157 Å². The first-order chi connectivity index (χ1) is 12.6. The maximum absolute atomic E-state index is 12.1. The van der Waals surface area contributed by atoms with Crippen LogP contribution in [0.4, 0.5) is 0 Å². The van der Waals surface area contributed by atoms with E-state index in [-0.39, 0.29) is 5.91 Å². The van der Waals surface area contributed by atoms with Crippen LogP contribution in [-0.2, 0) is 17.8 Å². The number of nitrogens with one attached hydrogen (secondary N) is 1. The predicted molar refractivity (Wildman–Crippen MR) is 106 cm³/mol. The van der Waals surface area contributed by atoms with E-state index in [0.717, 1.165) is 22.7 Å². The molecule has 0 atom stereocenters. The molecule has 2 aromatic carbocycles. The van der Waals surface area contributed by atoms with E-state index in [1.807, 2.05) is 54.4 Å². The van der Waals surface area contributed by atoms with Crippen molar-refractivity contribution < 1.29 is 9.53 Å². The third kappa shape index (κ3) is 5.03. The Bertz CT molecular complexity index is 828. The zero-order chi connectivity index (χ0) is 18.4. The molecule has 0 fully saturated rings. The second-order valence-corrected chi connectivity index (χ2v) is 7.31. The molecule has 0 radical (unpaired) electrons. The number of thiazole rings is 1. The zero-order valence-electron chi connectivity index (χ0n) is 15.1. The fourth-order valence-electron chi connectivity index (χ4n) is 2.71. The van der Waals surface area contributed by atoms with Crippen LogP contribution in [0.1, 0.15) is 10.6 Å². The van der Waals surface area contributed by atoms with E-state index in [0.29, 0.717) is 19.6 Å². The van der Waals surface area contributed by atoms with Gasteiger partial charge >= 0.3 is 0 Å². The molecule has 0 spiro atoms. The van der Waals surface area contributed by atoms with Crippen LogP contribution in [-0.4, -0.2) is 43.0 Å². The van der Waals surface area contributed by atoms with E-state index in [1.165, 1.54) is 10.3 Å². The standard InChI is InChI=1S/C20H23N3O2S/c1-23(14-20-22-17-5-3-4-6-18(17)26-20)13-19(24)21-12-11-15-7-9-16(25-2)10-8-15/h3-10H,11-14H2,1-2H3,(H,21,24). The second kappa shape index (κ2) is 8.78. The Morgan fingerprint density at radius 3 is 2.69 bits per heavy atom. The van der Waals surface area contributed by atoms with Gasteiger partial charge in [0.25, 0.3) is 0 Å². The van der Waals surface area contributed by atoms with Crippen LogP contribution in [0.5, 0.6) is 5.75 Å². The molecule has 0 aliphatic heterocycles. The summed E-state index contributed by atoms with van der Waals surface area (Å²) in [6, 6.07) is 16.0. The Kier molecular flexibility index (Phi) is 6.20. The van der Waals surface area contributed by atoms with Gasteiger partial charge in [0.1, 0.15) is 10.8 Å². The summed E-state index contributed by atoms with van der Waals surface area (Å²) in [6.07, 6.45) is 0.803. The zero-order valence-corrected chi connectivity index (χ0v) is 15.9. The number of hydrogen-bond donors (Lipinski definition) is 1. The molecule has 6 heteroatoms. The molecule has 136 valence electrons. The number of methoxy groups -OCH3 is 1. The van der Waals surface area contributed by atoms with Gasteiger partial charge in [0.2, 0.25) is 5.91 Å². The largest absolute Gasteiger partial charge is 0.497 e. The molecule has 1 heterocycles. The maximum atomic E-state index is 12.1. The topological polar surface area (TPSA) is 54.5 Å². The highest BCUT2D eigenvalue weighted by Gasteiger charge is 2.10. The van der Waals surface area contributed by atoms with Gasteiger partial charge in [0.15, 0.2) is 0 Å². The van der Waals surface area contributed by atoms with Crippen LogP contribution in [0.2, 0.25) is 0 Å². The first-order valence-corrected chi connectivity index (χ1v) is 9.38. The second-order valence-electron chi connectivity index (χ2n) is 6.20. The third-order valence-corrected chi connectivity index (χ3v) is 5.07. The molecule has 1 aromatic heterocycles. The number of carbonyl (C=O) groups is 1. The van der Waals surface area contributed by atoms with Crippen LogP contribution in [0.25, 0.3) is 10.2 Å². The highest BCUT2D eigenvalue weighted by Crippen LogP contribution is 2.22. The van der Waals surface area contributed by atoms with E-state index < -0.39 is 0 Å². The number of aromatic nitrogens is 1. The summed E-state index contributed by atoms with van der Waals surface area (Å²) in [5.74, 6) is 0.872. The average molecular weight is 369 g/mol. The highest BCUT2D eigenvalue weighted by molar-refractivity contribution is 7.18. The molecule has 5 nitrogen and oxygen atoms in total. The number of amides is 1. The lowest BCUT2D eigenvalue weighted by molar-refractivity contribution is -0.122. The van der Waals surface area contributed by atoms with Gasteiger partial charge in [-0.05, 0) is 43.3 Å². The normalized spacial score (nSPS) is 11.0. The smallest absolute Gasteiger partial charge is 0.234 e. The summed E-state index contributed by atoms with van der Waals surface area (Å²) in [5.41, 5.74) is 2.19. The molecule has 0 saturated carbocycles. The molecule has 0 unspecified atom stereocenters. The Balaban J connectivity index is 1.42. The van der Waals surface area contributed by atoms with Crippen molar-refractivity contribution in [1.29, 1.82) is 0 Å². The van der Waals surface area contributed by atoms with Crippen LogP contribution < -0.4 is 10.1 Å². The fraction of sp³-hybridized carbons (Fsp3) is 0.300. The van der Waals surface area contributed by atoms with Crippen molar-refractivity contribution in [3.63, 3.8) is 0 Å². The van der Waals surface area contributed by atoms with E-state index in [1.54, 1.807) is 18.4 Å². The number of carbonyl (C=O) groups excluding carboxylic acids is 1. The molecule has 0 bridgehead atoms. The van der Waals surface area contributed by atoms with Crippen molar-refractivity contribution in [1.82, 2.24) is 15.2 Å². The van der Waals surface area contributed by atoms with Gasteiger partial charge in [-0.25, -0.2) is 4.98 Å². The predicted octanol–water partition coefficient (Wildman–Crippen LogP) is 3.10. The lowest BCUT2D eigenvalue weighted by Crippen LogP contribution is -2.35. The number of fused-ring (bicyclic) bond motifs is 1. The number of benzene rings is 2. The molecule has 0 saturated heterocycles. The summed E-state index contributed by atoms with van der Waals surface area (Å²) in [5, 5.41) is 4.00. The van der Waals surface area contributed by atoms with Crippen LogP contribution in [0.3, 0.4) is 0 Å². The minimum Gasteiger partial charge on any atom is -0.497 e. The highest BCUT2D eigenvalue weighted by atomic mass is 32.1. The quantitative estimate of drug-likeness (QED) is 0.663. The molecule has 0 aliphatic rings. The van der Waals surface area contributed by atoms with Gasteiger partial charge in [-0.3, -0.25) is 9.69 Å². The number of rotatable bonds is 8. The third-order valence-electron chi connectivity index (χ3n) is 4.05. The van der Waals surface area contributed by atoms with E-state index >= 15 is 0 Å². The van der Waals surface area contributed by atoms with Gasteiger partial charge in [0, 0.05) is 6.54 Å². The van der Waals surface area contributed by atoms with Gasteiger partial charge in [-0.1, -0.05) is 24.3 Å². The van der Waals surface area contributed by atoms with Crippen molar-refractivity contribution in [2.24, 2.45) is 0 Å². The van der Waals surface area contributed by atoms with E-state index in [9.17, 15) is 4.79 Å². The monoisotopic (exact) mass is 369 g/mol. The first-order valence-electron chi connectivity index (χ1n) is 8.56. The number of hydrogen-bond acceptors (Lipinski definition) is 5.